The van der Waals surface area contributed by atoms with Crippen LogP contribution in [0.4, 0.5) is 11.4 Å². The number of carbonyl (C=O) groups is 1. The first kappa shape index (κ1) is 26.3. The lowest BCUT2D eigenvalue weighted by molar-refractivity contribution is -0.120. The quantitative estimate of drug-likeness (QED) is 0.373. The Morgan fingerprint density at radius 2 is 1.64 bits per heavy atom. The van der Waals surface area contributed by atoms with Crippen molar-refractivity contribution in [3.8, 4) is 0 Å². The molecule has 0 saturated carbocycles. The normalized spacial score (nSPS) is 14.8. The van der Waals surface area contributed by atoms with Gasteiger partial charge >= 0.3 is 0 Å². The summed E-state index contributed by atoms with van der Waals surface area (Å²) in [5.41, 5.74) is 2.29. The fourth-order valence-corrected chi connectivity index (χ4v) is 6.35. The number of rotatable bonds is 8. The number of piperidine rings is 1. The van der Waals surface area contributed by atoms with E-state index in [2.05, 4.69) is 22.3 Å². The maximum Gasteiger partial charge on any atom is 0.264 e. The lowest BCUT2D eigenvalue weighted by atomic mass is 10.1. The Hall–Kier alpha value is -2.74. The van der Waals surface area contributed by atoms with Gasteiger partial charge in [-0.15, -0.1) is 0 Å². The molecule has 190 valence electrons. The first-order chi connectivity index (χ1) is 17.3. The maximum absolute atomic E-state index is 13.5. The van der Waals surface area contributed by atoms with Crippen molar-refractivity contribution in [2.45, 2.75) is 37.1 Å². The van der Waals surface area contributed by atoms with Crippen LogP contribution in [-0.2, 0) is 14.8 Å². The molecule has 1 unspecified atom stereocenters. The molecule has 0 aromatic heterocycles. The van der Waals surface area contributed by atoms with E-state index in [0.717, 1.165) is 23.0 Å². The number of sulfonamides is 1. The molecule has 1 saturated heterocycles. The summed E-state index contributed by atoms with van der Waals surface area (Å²) in [7, 11) is -4.06. The Morgan fingerprint density at radius 1 is 0.972 bits per heavy atom. The third-order valence-corrected chi connectivity index (χ3v) is 8.60. The summed E-state index contributed by atoms with van der Waals surface area (Å²) >= 11 is 12.4. The molecule has 6 nitrogen and oxygen atoms in total. The van der Waals surface area contributed by atoms with Gasteiger partial charge in [0.25, 0.3) is 10.0 Å². The number of nitrogens with one attached hydrogen (secondary N) is 1. The summed E-state index contributed by atoms with van der Waals surface area (Å²) in [4.78, 5) is 15.5. The standard InChI is InChI=1S/C27H29Cl2N3O3S/c1-20(21-10-13-23(14-11-21)31-16-6-3-7-17-31)30-27(33)19-32(26-15-12-22(28)18-25(26)29)36(34,35)24-8-4-2-5-9-24/h2,4-5,8-15,18,20H,3,6-7,16-17,19H2,1H3,(H,30,33). The molecule has 1 N–H and O–H groups in total. The van der Waals surface area contributed by atoms with Crippen LogP contribution in [0.5, 0.6) is 0 Å². The molecule has 1 fully saturated rings. The van der Waals surface area contributed by atoms with Gasteiger partial charge in [-0.2, -0.15) is 0 Å². The van der Waals surface area contributed by atoms with Gasteiger partial charge in [0.15, 0.2) is 0 Å². The molecule has 4 rings (SSSR count). The average molecular weight is 547 g/mol. The van der Waals surface area contributed by atoms with Crippen LogP contribution in [0.15, 0.2) is 77.7 Å². The second-order valence-electron chi connectivity index (χ2n) is 8.85. The van der Waals surface area contributed by atoms with E-state index >= 15 is 0 Å². The van der Waals surface area contributed by atoms with Crippen molar-refractivity contribution < 1.29 is 13.2 Å². The molecule has 0 bridgehead atoms. The van der Waals surface area contributed by atoms with E-state index < -0.39 is 22.5 Å². The van der Waals surface area contributed by atoms with Crippen LogP contribution >= 0.6 is 23.2 Å². The molecule has 0 radical (unpaired) electrons. The van der Waals surface area contributed by atoms with Crippen LogP contribution in [0.25, 0.3) is 0 Å². The highest BCUT2D eigenvalue weighted by Crippen LogP contribution is 2.32. The Balaban J connectivity index is 1.52. The molecular weight excluding hydrogens is 517 g/mol. The molecule has 3 aromatic carbocycles. The number of amides is 1. The smallest absolute Gasteiger partial charge is 0.264 e. The van der Waals surface area contributed by atoms with Gasteiger partial charge in [-0.1, -0.05) is 53.5 Å². The van der Waals surface area contributed by atoms with Crippen molar-refractivity contribution in [1.82, 2.24) is 5.32 Å². The number of hydrogen-bond donors (Lipinski definition) is 1. The zero-order valence-corrected chi connectivity index (χ0v) is 22.4. The predicted octanol–water partition coefficient (Wildman–Crippen LogP) is 6.06. The van der Waals surface area contributed by atoms with Gasteiger partial charge in [0, 0.05) is 23.8 Å². The zero-order valence-electron chi connectivity index (χ0n) is 20.0. The summed E-state index contributed by atoms with van der Waals surface area (Å²) in [5, 5.41) is 3.42. The van der Waals surface area contributed by atoms with E-state index in [1.165, 1.54) is 49.2 Å². The van der Waals surface area contributed by atoms with Gasteiger partial charge in [-0.25, -0.2) is 8.42 Å². The Bertz CT molecular complexity index is 1300. The lowest BCUT2D eigenvalue weighted by Crippen LogP contribution is -2.41. The number of nitrogens with zero attached hydrogens (tertiary/aromatic N) is 2. The number of anilines is 2. The van der Waals surface area contributed by atoms with Gasteiger partial charge in [0.1, 0.15) is 6.54 Å². The second kappa shape index (κ2) is 11.5. The molecule has 1 heterocycles. The van der Waals surface area contributed by atoms with Crippen molar-refractivity contribution in [3.05, 3.63) is 88.4 Å². The largest absolute Gasteiger partial charge is 0.372 e. The number of hydrogen-bond acceptors (Lipinski definition) is 4. The molecule has 1 aliphatic heterocycles. The Labute approximate surface area is 222 Å². The van der Waals surface area contributed by atoms with E-state index in [4.69, 9.17) is 23.2 Å². The molecule has 0 spiro atoms. The van der Waals surface area contributed by atoms with Crippen LogP contribution in [0.3, 0.4) is 0 Å². The zero-order chi connectivity index (χ0) is 25.7. The summed E-state index contributed by atoms with van der Waals surface area (Å²) in [6.45, 7) is 3.56. The molecule has 3 aromatic rings. The molecule has 36 heavy (non-hydrogen) atoms. The molecule has 0 aliphatic carbocycles. The number of halogens is 2. The third kappa shape index (κ3) is 6.14. The van der Waals surface area contributed by atoms with Crippen molar-refractivity contribution >= 4 is 50.5 Å². The first-order valence-electron chi connectivity index (χ1n) is 11.9. The minimum absolute atomic E-state index is 0.0603. The maximum atomic E-state index is 13.5. The van der Waals surface area contributed by atoms with Crippen molar-refractivity contribution in [3.63, 3.8) is 0 Å². The van der Waals surface area contributed by atoms with Crippen LogP contribution in [0, 0.1) is 0 Å². The monoisotopic (exact) mass is 545 g/mol. The molecular formula is C27H29Cl2N3O3S. The van der Waals surface area contributed by atoms with E-state index in [1.807, 2.05) is 19.1 Å². The van der Waals surface area contributed by atoms with Crippen LogP contribution < -0.4 is 14.5 Å². The minimum Gasteiger partial charge on any atom is -0.372 e. The fraction of sp³-hybridized carbons (Fsp3) is 0.296. The van der Waals surface area contributed by atoms with Gasteiger partial charge in [0.2, 0.25) is 5.91 Å². The summed E-state index contributed by atoms with van der Waals surface area (Å²) in [6, 6.07) is 20.3. The van der Waals surface area contributed by atoms with Crippen LogP contribution in [0.1, 0.15) is 37.8 Å². The van der Waals surface area contributed by atoms with Crippen molar-refractivity contribution in [2.24, 2.45) is 0 Å². The van der Waals surface area contributed by atoms with E-state index in [9.17, 15) is 13.2 Å². The lowest BCUT2D eigenvalue weighted by Gasteiger charge is -2.29. The highest BCUT2D eigenvalue weighted by molar-refractivity contribution is 7.92. The van der Waals surface area contributed by atoms with Crippen molar-refractivity contribution in [2.75, 3.05) is 28.8 Å². The summed E-state index contributed by atoms with van der Waals surface area (Å²) < 4.78 is 28.0. The third-order valence-electron chi connectivity index (χ3n) is 6.29. The van der Waals surface area contributed by atoms with E-state index in [0.29, 0.717) is 5.02 Å². The van der Waals surface area contributed by atoms with Gasteiger partial charge < -0.3 is 10.2 Å². The Kier molecular flexibility index (Phi) is 8.44. The SMILES string of the molecule is CC(NC(=O)CN(c1ccc(Cl)cc1Cl)S(=O)(=O)c1ccccc1)c1ccc(N2CCCCC2)cc1. The number of carbonyl (C=O) groups excluding carboxylic acids is 1. The number of benzene rings is 3. The fourth-order valence-electron chi connectivity index (χ4n) is 4.33. The molecule has 1 amide bonds. The predicted molar refractivity (Wildman–Crippen MR) is 146 cm³/mol. The van der Waals surface area contributed by atoms with Crippen LogP contribution in [0.2, 0.25) is 10.0 Å². The first-order valence-corrected chi connectivity index (χ1v) is 14.1. The average Bonchev–Trinajstić information content (AvgIpc) is 2.89. The van der Waals surface area contributed by atoms with E-state index in [-0.39, 0.29) is 21.6 Å². The van der Waals surface area contributed by atoms with Gasteiger partial charge in [-0.05, 0) is 74.2 Å². The van der Waals surface area contributed by atoms with Crippen molar-refractivity contribution in [1.29, 1.82) is 0 Å². The molecule has 1 aliphatic rings. The van der Waals surface area contributed by atoms with Crippen LogP contribution in [-0.4, -0.2) is 34.0 Å². The van der Waals surface area contributed by atoms with Gasteiger partial charge in [-0.3, -0.25) is 9.10 Å². The second-order valence-corrected chi connectivity index (χ2v) is 11.6. The molecule has 9 heteroatoms. The summed E-state index contributed by atoms with van der Waals surface area (Å²) in [6.07, 6.45) is 3.68. The topological polar surface area (TPSA) is 69.7 Å². The highest BCUT2D eigenvalue weighted by Gasteiger charge is 2.29. The summed E-state index contributed by atoms with van der Waals surface area (Å²) in [5.74, 6) is -0.451. The van der Waals surface area contributed by atoms with Gasteiger partial charge in [0.05, 0.1) is 21.6 Å². The minimum atomic E-state index is -4.06. The highest BCUT2D eigenvalue weighted by atomic mass is 35.5. The molecule has 1 atom stereocenters. The Morgan fingerprint density at radius 3 is 2.28 bits per heavy atom. The van der Waals surface area contributed by atoms with E-state index in [1.54, 1.807) is 24.3 Å².